The molecule has 1 aromatic heterocycles. The van der Waals surface area contributed by atoms with Crippen molar-refractivity contribution in [2.24, 2.45) is 0 Å². The maximum absolute atomic E-state index is 12.2. The molecule has 21 heavy (non-hydrogen) atoms. The van der Waals surface area contributed by atoms with Gasteiger partial charge in [-0.05, 0) is 18.2 Å². The molecule has 0 saturated heterocycles. The highest BCUT2D eigenvalue weighted by molar-refractivity contribution is 7.89. The highest BCUT2D eigenvalue weighted by Crippen LogP contribution is 2.29. The third-order valence-corrected chi connectivity index (χ3v) is 4.37. The Hall–Kier alpha value is -2.06. The molecular formula is C13H17N3O4S. The van der Waals surface area contributed by atoms with Crippen LogP contribution in [0, 0.1) is 0 Å². The molecule has 2 N–H and O–H groups in total. The average molecular weight is 311 g/mol. The molecule has 0 saturated carbocycles. The predicted octanol–water partition coefficient (Wildman–Crippen LogP) is 0.948. The van der Waals surface area contributed by atoms with Gasteiger partial charge in [-0.15, -0.1) is 0 Å². The van der Waals surface area contributed by atoms with Crippen molar-refractivity contribution in [1.29, 1.82) is 0 Å². The molecule has 0 aliphatic heterocycles. The molecule has 0 fully saturated rings. The Morgan fingerprint density at radius 3 is 2.57 bits per heavy atom. The largest absolute Gasteiger partial charge is 0.493 e. The lowest BCUT2D eigenvalue weighted by Crippen LogP contribution is -2.26. The molecule has 2 rings (SSSR count). The van der Waals surface area contributed by atoms with Gasteiger partial charge in [-0.3, -0.25) is 5.10 Å². The summed E-state index contributed by atoms with van der Waals surface area (Å²) in [4.78, 5) is 0.129. The van der Waals surface area contributed by atoms with Crippen LogP contribution in [0.25, 0.3) is 0 Å². The van der Waals surface area contributed by atoms with Gasteiger partial charge in [0.1, 0.15) is 0 Å². The first-order valence-corrected chi connectivity index (χ1v) is 7.75. The molecule has 0 aliphatic rings. The number of aromatic amines is 1. The van der Waals surface area contributed by atoms with Gasteiger partial charge < -0.3 is 9.47 Å². The summed E-state index contributed by atoms with van der Waals surface area (Å²) in [6.07, 6.45) is 2.16. The van der Waals surface area contributed by atoms with E-state index in [0.29, 0.717) is 17.9 Å². The van der Waals surface area contributed by atoms with Crippen LogP contribution in [-0.4, -0.2) is 39.4 Å². The monoisotopic (exact) mass is 311 g/mol. The van der Waals surface area contributed by atoms with Gasteiger partial charge >= 0.3 is 0 Å². The van der Waals surface area contributed by atoms with Crippen LogP contribution < -0.4 is 14.2 Å². The summed E-state index contributed by atoms with van der Waals surface area (Å²) < 4.78 is 37.1. The molecular weight excluding hydrogens is 294 g/mol. The van der Waals surface area contributed by atoms with Crippen LogP contribution in [0.4, 0.5) is 0 Å². The van der Waals surface area contributed by atoms with Gasteiger partial charge in [0.2, 0.25) is 10.0 Å². The van der Waals surface area contributed by atoms with E-state index in [1.54, 1.807) is 18.3 Å². The molecule has 1 aromatic carbocycles. The minimum Gasteiger partial charge on any atom is -0.493 e. The lowest BCUT2D eigenvalue weighted by atomic mass is 10.3. The van der Waals surface area contributed by atoms with Crippen molar-refractivity contribution in [1.82, 2.24) is 14.9 Å². The van der Waals surface area contributed by atoms with Crippen LogP contribution in [-0.2, 0) is 16.4 Å². The van der Waals surface area contributed by atoms with Gasteiger partial charge in [0.25, 0.3) is 0 Å². The molecule has 0 spiro atoms. The SMILES string of the molecule is COc1ccc(S(=O)(=O)NCCc2ccn[nH]2)cc1OC. The molecule has 0 aliphatic carbocycles. The maximum Gasteiger partial charge on any atom is 0.240 e. The number of aromatic nitrogens is 2. The Labute approximate surface area is 123 Å². The van der Waals surface area contributed by atoms with Crippen LogP contribution in [0.3, 0.4) is 0 Å². The second kappa shape index (κ2) is 6.59. The van der Waals surface area contributed by atoms with Gasteiger partial charge in [0.05, 0.1) is 19.1 Å². The Morgan fingerprint density at radius 2 is 1.95 bits per heavy atom. The van der Waals surface area contributed by atoms with Crippen molar-refractivity contribution in [3.05, 3.63) is 36.2 Å². The van der Waals surface area contributed by atoms with Crippen LogP contribution in [0.1, 0.15) is 5.69 Å². The first kappa shape index (κ1) is 15.3. The number of ether oxygens (including phenoxy) is 2. The molecule has 7 nitrogen and oxygen atoms in total. The van der Waals surface area contributed by atoms with Gasteiger partial charge in [0.15, 0.2) is 11.5 Å². The summed E-state index contributed by atoms with van der Waals surface area (Å²) in [6, 6.07) is 6.25. The number of methoxy groups -OCH3 is 2. The Morgan fingerprint density at radius 1 is 1.19 bits per heavy atom. The zero-order chi connectivity index (χ0) is 15.3. The molecule has 1 heterocycles. The van der Waals surface area contributed by atoms with Crippen molar-refractivity contribution in [2.75, 3.05) is 20.8 Å². The number of hydrogen-bond acceptors (Lipinski definition) is 5. The normalized spacial score (nSPS) is 11.3. The number of benzene rings is 1. The van der Waals surface area contributed by atoms with Crippen molar-refractivity contribution < 1.29 is 17.9 Å². The fraction of sp³-hybridized carbons (Fsp3) is 0.308. The lowest BCUT2D eigenvalue weighted by Gasteiger charge is -2.10. The zero-order valence-electron chi connectivity index (χ0n) is 11.8. The van der Waals surface area contributed by atoms with E-state index in [9.17, 15) is 8.42 Å². The molecule has 0 bridgehead atoms. The summed E-state index contributed by atoms with van der Waals surface area (Å²) >= 11 is 0. The first-order valence-electron chi connectivity index (χ1n) is 6.27. The van der Waals surface area contributed by atoms with Gasteiger partial charge in [0, 0.05) is 30.9 Å². The first-order chi connectivity index (χ1) is 10.1. The molecule has 0 unspecified atom stereocenters. The smallest absolute Gasteiger partial charge is 0.240 e. The highest BCUT2D eigenvalue weighted by atomic mass is 32.2. The third-order valence-electron chi connectivity index (χ3n) is 2.91. The summed E-state index contributed by atoms with van der Waals surface area (Å²) in [7, 11) is -0.638. The minimum atomic E-state index is -3.59. The van der Waals surface area contributed by atoms with Gasteiger partial charge in [-0.2, -0.15) is 5.10 Å². The van der Waals surface area contributed by atoms with E-state index in [-0.39, 0.29) is 11.4 Å². The summed E-state index contributed by atoms with van der Waals surface area (Å²) in [5.74, 6) is 0.850. The molecule has 0 amide bonds. The standard InChI is InChI=1S/C13H17N3O4S/c1-19-12-4-3-11(9-13(12)20-2)21(17,18)15-8-6-10-5-7-14-16-10/h3-5,7,9,15H,6,8H2,1-2H3,(H,14,16). The van der Waals surface area contributed by atoms with Crippen molar-refractivity contribution in [3.63, 3.8) is 0 Å². The number of hydrogen-bond donors (Lipinski definition) is 2. The van der Waals surface area contributed by atoms with Gasteiger partial charge in [-0.25, -0.2) is 13.1 Å². The predicted molar refractivity (Wildman–Crippen MR) is 77.0 cm³/mol. The molecule has 0 radical (unpaired) electrons. The number of nitrogens with zero attached hydrogens (tertiary/aromatic N) is 1. The number of rotatable bonds is 7. The number of sulfonamides is 1. The minimum absolute atomic E-state index is 0.129. The van der Waals surface area contributed by atoms with E-state index in [4.69, 9.17) is 9.47 Å². The topological polar surface area (TPSA) is 93.3 Å². The second-order valence-corrected chi connectivity index (χ2v) is 6.01. The maximum atomic E-state index is 12.2. The van der Waals surface area contributed by atoms with Gasteiger partial charge in [-0.1, -0.05) is 0 Å². The van der Waals surface area contributed by atoms with Crippen LogP contribution in [0.5, 0.6) is 11.5 Å². The quantitative estimate of drug-likeness (QED) is 0.794. The van der Waals surface area contributed by atoms with E-state index < -0.39 is 10.0 Å². The van der Waals surface area contributed by atoms with Crippen LogP contribution in [0.2, 0.25) is 0 Å². The zero-order valence-corrected chi connectivity index (χ0v) is 12.6. The third kappa shape index (κ3) is 3.73. The Balaban J connectivity index is 2.08. The summed E-state index contributed by atoms with van der Waals surface area (Å²) in [5, 5.41) is 6.58. The van der Waals surface area contributed by atoms with Crippen LogP contribution >= 0.6 is 0 Å². The highest BCUT2D eigenvalue weighted by Gasteiger charge is 2.16. The average Bonchev–Trinajstić information content (AvgIpc) is 2.99. The van der Waals surface area contributed by atoms with E-state index in [2.05, 4.69) is 14.9 Å². The molecule has 8 heteroatoms. The summed E-state index contributed by atoms with van der Waals surface area (Å²) in [5.41, 5.74) is 0.866. The Kier molecular flexibility index (Phi) is 4.81. The second-order valence-electron chi connectivity index (χ2n) is 4.25. The number of H-pyrrole nitrogens is 1. The molecule has 0 atom stereocenters. The lowest BCUT2D eigenvalue weighted by molar-refractivity contribution is 0.354. The molecule has 114 valence electrons. The van der Waals surface area contributed by atoms with Crippen LogP contribution in [0.15, 0.2) is 35.4 Å². The van der Waals surface area contributed by atoms with E-state index in [0.717, 1.165) is 5.69 Å². The fourth-order valence-electron chi connectivity index (χ4n) is 1.81. The van der Waals surface area contributed by atoms with Crippen molar-refractivity contribution in [2.45, 2.75) is 11.3 Å². The molecule has 2 aromatic rings. The van der Waals surface area contributed by atoms with Crippen molar-refractivity contribution >= 4 is 10.0 Å². The van der Waals surface area contributed by atoms with E-state index in [1.165, 1.54) is 26.4 Å². The van der Waals surface area contributed by atoms with E-state index >= 15 is 0 Å². The fourth-order valence-corrected chi connectivity index (χ4v) is 2.86. The van der Waals surface area contributed by atoms with E-state index in [1.807, 2.05) is 0 Å². The summed E-state index contributed by atoms with van der Waals surface area (Å²) in [6.45, 7) is 0.277. The number of nitrogens with one attached hydrogen (secondary N) is 2. The Bertz CT molecular complexity index is 683. The van der Waals surface area contributed by atoms with Crippen molar-refractivity contribution in [3.8, 4) is 11.5 Å².